The Balaban J connectivity index is 1.52. The van der Waals surface area contributed by atoms with Crippen LogP contribution in [0.15, 0.2) is 47.4 Å². The van der Waals surface area contributed by atoms with Gasteiger partial charge in [-0.05, 0) is 61.7 Å². The number of sulfonamides is 1. The molecule has 0 saturated carbocycles. The highest BCUT2D eigenvalue weighted by Gasteiger charge is 2.44. The summed E-state index contributed by atoms with van der Waals surface area (Å²) in [7, 11) is -4.04. The molecule has 1 amide bonds. The van der Waals surface area contributed by atoms with Gasteiger partial charge in [0.1, 0.15) is 18.4 Å². The molecular weight excluding hydrogens is 460 g/mol. The van der Waals surface area contributed by atoms with Gasteiger partial charge in [0.15, 0.2) is 6.61 Å². The highest BCUT2D eigenvalue weighted by molar-refractivity contribution is 7.89. The van der Waals surface area contributed by atoms with E-state index in [4.69, 9.17) is 9.47 Å². The van der Waals surface area contributed by atoms with Crippen molar-refractivity contribution >= 4 is 21.9 Å². The number of carbonyl (C=O) groups excluding carboxylic acids is 2. The standard InChI is InChI=1S/C24H30N2O7S/c1-16-5-4-6-20(11-16)32-10-9-25-23(28)15-33-24(29)22-13-19(27)14-26(22)34(30,31)21-8-7-17(2)18(3)12-21/h4-8,11-12,19,22,27H,9-10,13-15H2,1-3H3,(H,25,28)/t19?,22-/m0/s1. The summed E-state index contributed by atoms with van der Waals surface area (Å²) in [4.78, 5) is 24.7. The lowest BCUT2D eigenvalue weighted by Gasteiger charge is -2.22. The summed E-state index contributed by atoms with van der Waals surface area (Å²) in [5.41, 5.74) is 2.79. The van der Waals surface area contributed by atoms with Crippen molar-refractivity contribution in [1.29, 1.82) is 0 Å². The van der Waals surface area contributed by atoms with Crippen molar-refractivity contribution in [1.82, 2.24) is 9.62 Å². The Labute approximate surface area is 199 Å². The van der Waals surface area contributed by atoms with E-state index in [1.54, 1.807) is 13.0 Å². The van der Waals surface area contributed by atoms with Gasteiger partial charge < -0.3 is 19.9 Å². The number of carbonyl (C=O) groups is 2. The lowest BCUT2D eigenvalue weighted by Crippen LogP contribution is -2.42. The lowest BCUT2D eigenvalue weighted by atomic mass is 10.1. The molecule has 34 heavy (non-hydrogen) atoms. The molecule has 2 N–H and O–H groups in total. The van der Waals surface area contributed by atoms with Gasteiger partial charge in [-0.15, -0.1) is 0 Å². The first kappa shape index (κ1) is 25.7. The van der Waals surface area contributed by atoms with E-state index >= 15 is 0 Å². The third kappa shape index (κ3) is 6.34. The fourth-order valence-electron chi connectivity index (χ4n) is 3.62. The minimum atomic E-state index is -4.04. The van der Waals surface area contributed by atoms with Gasteiger partial charge in [0, 0.05) is 13.0 Å². The molecule has 10 heteroatoms. The second-order valence-corrected chi connectivity index (χ2v) is 10.2. The Morgan fingerprint density at radius 1 is 1.12 bits per heavy atom. The van der Waals surface area contributed by atoms with Crippen molar-refractivity contribution in [2.75, 3.05) is 26.3 Å². The Hall–Kier alpha value is -2.95. The molecule has 1 unspecified atom stereocenters. The number of esters is 1. The van der Waals surface area contributed by atoms with Crippen LogP contribution in [-0.2, 0) is 24.3 Å². The number of ether oxygens (including phenoxy) is 2. The van der Waals surface area contributed by atoms with Crippen LogP contribution in [-0.4, -0.2) is 68.2 Å². The van der Waals surface area contributed by atoms with Gasteiger partial charge >= 0.3 is 5.97 Å². The molecule has 9 nitrogen and oxygen atoms in total. The molecule has 2 aromatic rings. The molecule has 0 bridgehead atoms. The van der Waals surface area contributed by atoms with E-state index in [0.29, 0.717) is 5.75 Å². The maximum absolute atomic E-state index is 13.1. The Kier molecular flexibility index (Phi) is 8.29. The van der Waals surface area contributed by atoms with Crippen LogP contribution in [0, 0.1) is 20.8 Å². The molecule has 2 aromatic carbocycles. The topological polar surface area (TPSA) is 122 Å². The summed E-state index contributed by atoms with van der Waals surface area (Å²) in [6, 6.07) is 11.0. The van der Waals surface area contributed by atoms with Crippen molar-refractivity contribution in [2.45, 2.75) is 44.2 Å². The van der Waals surface area contributed by atoms with Crippen LogP contribution in [0.3, 0.4) is 0 Å². The molecule has 3 rings (SSSR count). The number of β-amino-alcohol motifs (C(OH)–C–C–N with tert-alkyl or cyclic N) is 1. The summed E-state index contributed by atoms with van der Waals surface area (Å²) >= 11 is 0. The maximum atomic E-state index is 13.1. The lowest BCUT2D eigenvalue weighted by molar-refractivity contribution is -0.151. The number of hydrogen-bond donors (Lipinski definition) is 2. The quantitative estimate of drug-likeness (QED) is 0.403. The molecule has 1 aliphatic heterocycles. The summed E-state index contributed by atoms with van der Waals surface area (Å²) < 4.78 is 37.8. The van der Waals surface area contributed by atoms with Crippen LogP contribution in [0.25, 0.3) is 0 Å². The van der Waals surface area contributed by atoms with Crippen LogP contribution >= 0.6 is 0 Å². The molecule has 1 fully saturated rings. The zero-order chi connectivity index (χ0) is 24.9. The third-order valence-electron chi connectivity index (χ3n) is 5.62. The van der Waals surface area contributed by atoms with Crippen molar-refractivity contribution in [3.05, 3.63) is 59.2 Å². The molecular formula is C24H30N2O7S. The van der Waals surface area contributed by atoms with Crippen molar-refractivity contribution in [2.24, 2.45) is 0 Å². The largest absolute Gasteiger partial charge is 0.492 e. The average molecular weight is 491 g/mol. The number of aryl methyl sites for hydroxylation is 3. The first-order valence-corrected chi connectivity index (χ1v) is 12.4. The number of benzene rings is 2. The summed E-state index contributed by atoms with van der Waals surface area (Å²) in [6.45, 7) is 5.26. The number of nitrogens with one attached hydrogen (secondary N) is 1. The van der Waals surface area contributed by atoms with E-state index in [9.17, 15) is 23.1 Å². The molecule has 1 saturated heterocycles. The maximum Gasteiger partial charge on any atom is 0.325 e. The minimum absolute atomic E-state index is 0.0360. The molecule has 0 aliphatic carbocycles. The van der Waals surface area contributed by atoms with Crippen molar-refractivity contribution in [3.8, 4) is 5.75 Å². The second kappa shape index (κ2) is 11.0. The molecule has 1 heterocycles. The number of amides is 1. The van der Waals surface area contributed by atoms with Crippen LogP contribution in [0.5, 0.6) is 5.75 Å². The Morgan fingerprint density at radius 2 is 1.88 bits per heavy atom. The zero-order valence-electron chi connectivity index (χ0n) is 19.5. The Bertz CT molecular complexity index is 1150. The Morgan fingerprint density at radius 3 is 2.59 bits per heavy atom. The number of aliphatic hydroxyl groups excluding tert-OH is 1. The van der Waals surface area contributed by atoms with Gasteiger partial charge in [-0.25, -0.2) is 8.42 Å². The van der Waals surface area contributed by atoms with Crippen LogP contribution in [0.4, 0.5) is 0 Å². The predicted octanol–water partition coefficient (Wildman–Crippen LogP) is 1.47. The first-order chi connectivity index (χ1) is 16.1. The fraction of sp³-hybridized carbons (Fsp3) is 0.417. The van der Waals surface area contributed by atoms with Crippen LogP contribution < -0.4 is 10.1 Å². The minimum Gasteiger partial charge on any atom is -0.492 e. The third-order valence-corrected chi connectivity index (χ3v) is 7.49. The van der Waals surface area contributed by atoms with E-state index in [1.165, 1.54) is 12.1 Å². The zero-order valence-corrected chi connectivity index (χ0v) is 20.3. The monoisotopic (exact) mass is 490 g/mol. The average Bonchev–Trinajstić information content (AvgIpc) is 3.19. The van der Waals surface area contributed by atoms with Gasteiger partial charge in [-0.2, -0.15) is 4.31 Å². The highest BCUT2D eigenvalue weighted by Crippen LogP contribution is 2.28. The molecule has 0 radical (unpaired) electrons. The number of aliphatic hydroxyl groups is 1. The van der Waals surface area contributed by atoms with E-state index in [-0.39, 0.29) is 31.0 Å². The molecule has 1 aliphatic rings. The number of rotatable bonds is 9. The van der Waals surface area contributed by atoms with E-state index < -0.39 is 40.7 Å². The molecule has 0 spiro atoms. The van der Waals surface area contributed by atoms with Crippen LogP contribution in [0.1, 0.15) is 23.1 Å². The SMILES string of the molecule is Cc1cccc(OCCNC(=O)COC(=O)[C@@H]2CC(O)CN2S(=O)(=O)c2ccc(C)c(C)c2)c1. The summed E-state index contributed by atoms with van der Waals surface area (Å²) in [6.07, 6.45) is -1.11. The van der Waals surface area contributed by atoms with Crippen molar-refractivity contribution < 1.29 is 32.6 Å². The normalized spacial score (nSPS) is 18.5. The molecule has 184 valence electrons. The first-order valence-electron chi connectivity index (χ1n) is 11.0. The van der Waals surface area contributed by atoms with Gasteiger partial charge in [-0.1, -0.05) is 18.2 Å². The smallest absolute Gasteiger partial charge is 0.325 e. The second-order valence-electron chi connectivity index (χ2n) is 8.35. The predicted molar refractivity (Wildman–Crippen MR) is 125 cm³/mol. The van der Waals surface area contributed by atoms with E-state index in [1.807, 2.05) is 38.1 Å². The van der Waals surface area contributed by atoms with E-state index in [0.717, 1.165) is 21.0 Å². The van der Waals surface area contributed by atoms with Gasteiger partial charge in [0.25, 0.3) is 5.91 Å². The fourth-order valence-corrected chi connectivity index (χ4v) is 5.33. The van der Waals surface area contributed by atoms with Gasteiger partial charge in [0.2, 0.25) is 10.0 Å². The number of hydrogen-bond acceptors (Lipinski definition) is 7. The molecule has 2 atom stereocenters. The highest BCUT2D eigenvalue weighted by atomic mass is 32.2. The van der Waals surface area contributed by atoms with Crippen LogP contribution in [0.2, 0.25) is 0 Å². The summed E-state index contributed by atoms with van der Waals surface area (Å²) in [5.74, 6) is -0.732. The molecule has 0 aromatic heterocycles. The van der Waals surface area contributed by atoms with Gasteiger partial charge in [-0.3, -0.25) is 9.59 Å². The van der Waals surface area contributed by atoms with Crippen molar-refractivity contribution in [3.63, 3.8) is 0 Å². The van der Waals surface area contributed by atoms with Gasteiger partial charge in [0.05, 0.1) is 17.5 Å². The van der Waals surface area contributed by atoms with E-state index in [2.05, 4.69) is 5.32 Å². The number of nitrogens with zero attached hydrogens (tertiary/aromatic N) is 1. The summed E-state index contributed by atoms with van der Waals surface area (Å²) in [5, 5.41) is 12.6.